The van der Waals surface area contributed by atoms with Crippen molar-refractivity contribution in [2.45, 2.75) is 38.1 Å². The van der Waals surface area contributed by atoms with Crippen molar-refractivity contribution in [3.8, 4) is 11.5 Å². The van der Waals surface area contributed by atoms with Crippen molar-refractivity contribution < 1.29 is 9.53 Å². The number of para-hydroxylation sites is 3. The molecule has 1 saturated heterocycles. The monoisotopic (exact) mass is 379 g/mol. The third-order valence-corrected chi connectivity index (χ3v) is 5.68. The van der Waals surface area contributed by atoms with Gasteiger partial charge in [0.25, 0.3) is 0 Å². The molecule has 1 saturated carbocycles. The number of urea groups is 1. The smallest absolute Gasteiger partial charge is 0.317 e. The van der Waals surface area contributed by atoms with E-state index in [1.54, 1.807) is 0 Å². The van der Waals surface area contributed by atoms with E-state index < -0.39 is 0 Å². The SMILES string of the molecule is O=C(NC1CCCCC1)N1CCN(c2ccccc2Oc2ccccc2)CC1. The molecule has 0 atom stereocenters. The normalized spacial score (nSPS) is 18.0. The van der Waals surface area contributed by atoms with Crippen molar-refractivity contribution in [3.63, 3.8) is 0 Å². The Balaban J connectivity index is 1.35. The molecule has 1 heterocycles. The van der Waals surface area contributed by atoms with Gasteiger partial charge in [-0.3, -0.25) is 0 Å². The molecule has 0 bridgehead atoms. The minimum atomic E-state index is 0.0976. The van der Waals surface area contributed by atoms with E-state index >= 15 is 0 Å². The Morgan fingerprint density at radius 1 is 0.857 bits per heavy atom. The molecule has 0 unspecified atom stereocenters. The first-order valence-corrected chi connectivity index (χ1v) is 10.4. The average molecular weight is 380 g/mol. The molecule has 1 aliphatic heterocycles. The highest BCUT2D eigenvalue weighted by atomic mass is 16.5. The third kappa shape index (κ3) is 4.58. The quantitative estimate of drug-likeness (QED) is 0.841. The number of amides is 2. The lowest BCUT2D eigenvalue weighted by molar-refractivity contribution is 0.186. The summed E-state index contributed by atoms with van der Waals surface area (Å²) in [6, 6.07) is 18.4. The number of carbonyl (C=O) groups excluding carboxylic acids is 1. The van der Waals surface area contributed by atoms with E-state index in [4.69, 9.17) is 4.74 Å². The Kier molecular flexibility index (Phi) is 6.00. The Hall–Kier alpha value is -2.69. The van der Waals surface area contributed by atoms with Gasteiger partial charge in [0.2, 0.25) is 0 Å². The molecule has 2 aromatic carbocycles. The molecule has 0 spiro atoms. The summed E-state index contributed by atoms with van der Waals surface area (Å²) in [4.78, 5) is 16.8. The fourth-order valence-electron chi connectivity index (χ4n) is 4.08. The van der Waals surface area contributed by atoms with Crippen LogP contribution >= 0.6 is 0 Å². The van der Waals surface area contributed by atoms with Crippen molar-refractivity contribution in [3.05, 3.63) is 54.6 Å². The van der Waals surface area contributed by atoms with Gasteiger partial charge in [0.1, 0.15) is 5.75 Å². The van der Waals surface area contributed by atoms with Gasteiger partial charge < -0.3 is 19.9 Å². The van der Waals surface area contributed by atoms with Crippen LogP contribution < -0.4 is 15.0 Å². The molecule has 1 aliphatic carbocycles. The topological polar surface area (TPSA) is 44.8 Å². The lowest BCUT2D eigenvalue weighted by atomic mass is 9.96. The molecular weight excluding hydrogens is 350 g/mol. The molecule has 2 fully saturated rings. The summed E-state index contributed by atoms with van der Waals surface area (Å²) in [5, 5.41) is 3.23. The van der Waals surface area contributed by atoms with Crippen molar-refractivity contribution >= 4 is 11.7 Å². The number of nitrogens with zero attached hydrogens (tertiary/aromatic N) is 2. The zero-order chi connectivity index (χ0) is 19.2. The summed E-state index contributed by atoms with van der Waals surface area (Å²) in [5.41, 5.74) is 1.08. The van der Waals surface area contributed by atoms with Crippen LogP contribution in [0.2, 0.25) is 0 Å². The van der Waals surface area contributed by atoms with E-state index in [1.807, 2.05) is 53.4 Å². The van der Waals surface area contributed by atoms with Crippen LogP contribution in [0.1, 0.15) is 32.1 Å². The van der Waals surface area contributed by atoms with Gasteiger partial charge >= 0.3 is 6.03 Å². The fraction of sp³-hybridized carbons (Fsp3) is 0.435. The van der Waals surface area contributed by atoms with Crippen molar-refractivity contribution in [2.75, 3.05) is 31.1 Å². The highest BCUT2D eigenvalue weighted by molar-refractivity contribution is 5.75. The van der Waals surface area contributed by atoms with Crippen LogP contribution in [-0.4, -0.2) is 43.2 Å². The predicted octanol–water partition coefficient (Wildman–Crippen LogP) is 4.64. The Bertz CT molecular complexity index is 766. The van der Waals surface area contributed by atoms with Crippen LogP contribution in [0.5, 0.6) is 11.5 Å². The van der Waals surface area contributed by atoms with Crippen LogP contribution in [-0.2, 0) is 0 Å². The molecule has 2 aromatic rings. The zero-order valence-corrected chi connectivity index (χ0v) is 16.3. The van der Waals surface area contributed by atoms with Gasteiger partial charge in [0.15, 0.2) is 5.75 Å². The van der Waals surface area contributed by atoms with E-state index in [-0.39, 0.29) is 6.03 Å². The van der Waals surface area contributed by atoms with Crippen molar-refractivity contribution in [1.29, 1.82) is 0 Å². The van der Waals surface area contributed by atoms with Crippen LogP contribution in [0.15, 0.2) is 54.6 Å². The maximum atomic E-state index is 12.6. The number of hydrogen-bond donors (Lipinski definition) is 1. The first-order valence-electron chi connectivity index (χ1n) is 10.4. The summed E-state index contributed by atoms with van der Waals surface area (Å²) >= 11 is 0. The van der Waals surface area contributed by atoms with Gasteiger partial charge in [-0.25, -0.2) is 4.79 Å². The van der Waals surface area contributed by atoms with Gasteiger partial charge in [0.05, 0.1) is 5.69 Å². The second-order valence-corrected chi connectivity index (χ2v) is 7.64. The van der Waals surface area contributed by atoms with Gasteiger partial charge in [0, 0.05) is 32.2 Å². The van der Waals surface area contributed by atoms with Gasteiger partial charge in [-0.1, -0.05) is 49.6 Å². The minimum Gasteiger partial charge on any atom is -0.455 e. The molecule has 0 aromatic heterocycles. The first-order chi connectivity index (χ1) is 13.8. The highest BCUT2D eigenvalue weighted by Gasteiger charge is 2.25. The zero-order valence-electron chi connectivity index (χ0n) is 16.3. The molecular formula is C23H29N3O2. The number of piperazine rings is 1. The summed E-state index contributed by atoms with van der Waals surface area (Å²) in [6.45, 7) is 3.09. The number of benzene rings is 2. The van der Waals surface area contributed by atoms with Gasteiger partial charge in [-0.05, 0) is 37.1 Å². The van der Waals surface area contributed by atoms with Crippen molar-refractivity contribution in [2.24, 2.45) is 0 Å². The largest absolute Gasteiger partial charge is 0.455 e. The number of rotatable bonds is 4. The predicted molar refractivity (Wildman–Crippen MR) is 112 cm³/mol. The van der Waals surface area contributed by atoms with Crippen LogP contribution in [0.25, 0.3) is 0 Å². The van der Waals surface area contributed by atoms with E-state index in [1.165, 1.54) is 19.3 Å². The second-order valence-electron chi connectivity index (χ2n) is 7.64. The standard InChI is InChI=1S/C23H29N3O2/c27-23(24-19-9-3-1-4-10-19)26-17-15-25(16-18-26)21-13-7-8-14-22(21)28-20-11-5-2-6-12-20/h2,5-8,11-14,19H,1,3-4,9-10,15-18H2,(H,24,27). The average Bonchev–Trinajstić information content (AvgIpc) is 2.76. The highest BCUT2D eigenvalue weighted by Crippen LogP contribution is 2.32. The number of carbonyl (C=O) groups is 1. The van der Waals surface area contributed by atoms with Crippen LogP contribution in [0.3, 0.4) is 0 Å². The molecule has 4 rings (SSSR count). The fourth-order valence-corrected chi connectivity index (χ4v) is 4.08. The van der Waals surface area contributed by atoms with E-state index in [0.29, 0.717) is 6.04 Å². The van der Waals surface area contributed by atoms with E-state index in [2.05, 4.69) is 16.3 Å². The molecule has 0 radical (unpaired) electrons. The van der Waals surface area contributed by atoms with Crippen LogP contribution in [0.4, 0.5) is 10.5 Å². The molecule has 5 heteroatoms. The maximum absolute atomic E-state index is 12.6. The molecule has 1 N–H and O–H groups in total. The Morgan fingerprint density at radius 3 is 2.29 bits per heavy atom. The number of nitrogens with one attached hydrogen (secondary N) is 1. The van der Waals surface area contributed by atoms with E-state index in [0.717, 1.165) is 56.2 Å². The summed E-state index contributed by atoms with van der Waals surface area (Å²) in [6.07, 6.45) is 6.01. The summed E-state index contributed by atoms with van der Waals surface area (Å²) in [7, 11) is 0. The molecule has 5 nitrogen and oxygen atoms in total. The number of anilines is 1. The van der Waals surface area contributed by atoms with Crippen molar-refractivity contribution in [1.82, 2.24) is 10.2 Å². The summed E-state index contributed by atoms with van der Waals surface area (Å²) in [5.74, 6) is 1.69. The maximum Gasteiger partial charge on any atom is 0.317 e. The second kappa shape index (κ2) is 9.00. The lowest BCUT2D eigenvalue weighted by Gasteiger charge is -2.37. The van der Waals surface area contributed by atoms with Gasteiger partial charge in [-0.15, -0.1) is 0 Å². The number of hydrogen-bond acceptors (Lipinski definition) is 3. The molecule has 28 heavy (non-hydrogen) atoms. The minimum absolute atomic E-state index is 0.0976. The van der Waals surface area contributed by atoms with E-state index in [9.17, 15) is 4.79 Å². The van der Waals surface area contributed by atoms with Crippen LogP contribution in [0, 0.1) is 0 Å². The first kappa shape index (κ1) is 18.7. The summed E-state index contributed by atoms with van der Waals surface area (Å²) < 4.78 is 6.10. The molecule has 2 aliphatic rings. The Morgan fingerprint density at radius 2 is 1.54 bits per heavy atom. The van der Waals surface area contributed by atoms with Gasteiger partial charge in [-0.2, -0.15) is 0 Å². The Labute approximate surface area is 167 Å². The third-order valence-electron chi connectivity index (χ3n) is 5.68. The number of ether oxygens (including phenoxy) is 1. The molecule has 2 amide bonds. The molecule has 148 valence electrons. The lowest BCUT2D eigenvalue weighted by Crippen LogP contribution is -2.53.